The molecule has 0 fully saturated rings. The summed E-state index contributed by atoms with van der Waals surface area (Å²) in [6, 6.07) is 5.62. The molecule has 0 aliphatic heterocycles. The van der Waals surface area contributed by atoms with Gasteiger partial charge in [0.25, 0.3) is 5.91 Å². The SMILES string of the molecule is CCC(C(=O)O)N(C)C(=O)c1ccc(CO)cc1. The minimum atomic E-state index is -1.01. The van der Waals surface area contributed by atoms with Gasteiger partial charge in [-0.3, -0.25) is 4.79 Å². The first-order chi connectivity index (χ1) is 8.51. The lowest BCUT2D eigenvalue weighted by Gasteiger charge is -2.23. The number of aliphatic hydroxyl groups excluding tert-OH is 1. The summed E-state index contributed by atoms with van der Waals surface area (Å²) in [7, 11) is 1.48. The molecule has 0 saturated carbocycles. The second-order valence-electron chi connectivity index (χ2n) is 4.03. The summed E-state index contributed by atoms with van der Waals surface area (Å²) in [5.41, 5.74) is 1.12. The molecular formula is C13H17NO4. The van der Waals surface area contributed by atoms with Gasteiger partial charge in [-0.25, -0.2) is 4.79 Å². The van der Waals surface area contributed by atoms with Crippen LogP contribution in [0.15, 0.2) is 24.3 Å². The van der Waals surface area contributed by atoms with E-state index >= 15 is 0 Å². The second kappa shape index (κ2) is 6.16. The Morgan fingerprint density at radius 3 is 2.22 bits per heavy atom. The molecule has 0 saturated heterocycles. The minimum Gasteiger partial charge on any atom is -0.480 e. The topological polar surface area (TPSA) is 77.8 Å². The molecule has 0 aromatic heterocycles. The third-order valence-electron chi connectivity index (χ3n) is 2.84. The number of hydrogen-bond acceptors (Lipinski definition) is 3. The van der Waals surface area contributed by atoms with Crippen LogP contribution in [0, 0.1) is 0 Å². The molecule has 1 rings (SSSR count). The first kappa shape index (κ1) is 14.2. The van der Waals surface area contributed by atoms with E-state index < -0.39 is 12.0 Å². The van der Waals surface area contributed by atoms with Crippen LogP contribution >= 0.6 is 0 Å². The highest BCUT2D eigenvalue weighted by atomic mass is 16.4. The normalized spacial score (nSPS) is 11.9. The lowest BCUT2D eigenvalue weighted by atomic mass is 10.1. The number of benzene rings is 1. The zero-order valence-electron chi connectivity index (χ0n) is 10.5. The van der Waals surface area contributed by atoms with E-state index in [9.17, 15) is 9.59 Å². The van der Waals surface area contributed by atoms with Gasteiger partial charge < -0.3 is 15.1 Å². The van der Waals surface area contributed by atoms with Gasteiger partial charge in [0.2, 0.25) is 0 Å². The van der Waals surface area contributed by atoms with E-state index in [0.717, 1.165) is 0 Å². The van der Waals surface area contributed by atoms with Gasteiger partial charge in [0, 0.05) is 12.6 Å². The van der Waals surface area contributed by atoms with E-state index in [1.807, 2.05) is 0 Å². The van der Waals surface area contributed by atoms with Gasteiger partial charge in [0.15, 0.2) is 0 Å². The molecule has 1 unspecified atom stereocenters. The maximum absolute atomic E-state index is 12.0. The molecule has 0 bridgehead atoms. The van der Waals surface area contributed by atoms with Crippen LogP contribution in [-0.4, -0.2) is 40.1 Å². The summed E-state index contributed by atoms with van der Waals surface area (Å²) in [5.74, 6) is -1.35. The van der Waals surface area contributed by atoms with Crippen molar-refractivity contribution in [2.75, 3.05) is 7.05 Å². The lowest BCUT2D eigenvalue weighted by Crippen LogP contribution is -2.41. The van der Waals surface area contributed by atoms with Crippen molar-refractivity contribution in [3.05, 3.63) is 35.4 Å². The number of amides is 1. The summed E-state index contributed by atoms with van der Waals surface area (Å²) in [5, 5.41) is 17.9. The van der Waals surface area contributed by atoms with E-state index in [1.54, 1.807) is 31.2 Å². The molecule has 0 aliphatic rings. The number of nitrogens with zero attached hydrogens (tertiary/aromatic N) is 1. The Balaban J connectivity index is 2.88. The number of carbonyl (C=O) groups excluding carboxylic acids is 1. The first-order valence-corrected chi connectivity index (χ1v) is 5.71. The Morgan fingerprint density at radius 2 is 1.83 bits per heavy atom. The predicted molar refractivity (Wildman–Crippen MR) is 66.2 cm³/mol. The average Bonchev–Trinajstić information content (AvgIpc) is 2.38. The molecule has 98 valence electrons. The Bertz CT molecular complexity index is 427. The van der Waals surface area contributed by atoms with Crippen molar-refractivity contribution >= 4 is 11.9 Å². The molecule has 18 heavy (non-hydrogen) atoms. The third-order valence-corrected chi connectivity index (χ3v) is 2.84. The maximum atomic E-state index is 12.0. The second-order valence-corrected chi connectivity index (χ2v) is 4.03. The molecule has 1 atom stereocenters. The fraction of sp³-hybridized carbons (Fsp3) is 0.385. The summed E-state index contributed by atoms with van der Waals surface area (Å²) < 4.78 is 0. The third kappa shape index (κ3) is 3.07. The van der Waals surface area contributed by atoms with Crippen LogP contribution in [0.3, 0.4) is 0 Å². The van der Waals surface area contributed by atoms with Gasteiger partial charge in [0.05, 0.1) is 6.61 Å². The van der Waals surface area contributed by atoms with E-state index in [4.69, 9.17) is 10.2 Å². The van der Waals surface area contributed by atoms with Crippen molar-refractivity contribution in [3.63, 3.8) is 0 Å². The number of carboxylic acid groups (broad SMARTS) is 1. The van der Waals surface area contributed by atoms with Gasteiger partial charge in [-0.2, -0.15) is 0 Å². The minimum absolute atomic E-state index is 0.0863. The van der Waals surface area contributed by atoms with Gasteiger partial charge in [-0.1, -0.05) is 19.1 Å². The summed E-state index contributed by atoms with van der Waals surface area (Å²) >= 11 is 0. The standard InChI is InChI=1S/C13H17NO4/c1-3-11(13(17)18)14(2)12(16)10-6-4-9(8-15)5-7-10/h4-7,11,15H,3,8H2,1-2H3,(H,17,18). The monoisotopic (exact) mass is 251 g/mol. The molecule has 1 aromatic carbocycles. The van der Waals surface area contributed by atoms with Crippen LogP contribution in [0.2, 0.25) is 0 Å². The highest BCUT2D eigenvalue weighted by molar-refractivity contribution is 5.96. The fourth-order valence-corrected chi connectivity index (χ4v) is 1.71. The Kier molecular flexibility index (Phi) is 4.85. The van der Waals surface area contributed by atoms with E-state index in [0.29, 0.717) is 17.5 Å². The largest absolute Gasteiger partial charge is 0.480 e. The number of carbonyl (C=O) groups is 2. The molecule has 1 aromatic rings. The molecule has 2 N–H and O–H groups in total. The highest BCUT2D eigenvalue weighted by Gasteiger charge is 2.25. The molecule has 0 spiro atoms. The van der Waals surface area contributed by atoms with Crippen LogP contribution in [-0.2, 0) is 11.4 Å². The molecule has 0 aliphatic carbocycles. The Labute approximate surface area is 106 Å². The van der Waals surface area contributed by atoms with Crippen molar-refractivity contribution in [2.45, 2.75) is 26.0 Å². The zero-order chi connectivity index (χ0) is 13.7. The quantitative estimate of drug-likeness (QED) is 0.822. The van der Waals surface area contributed by atoms with Crippen molar-refractivity contribution in [1.82, 2.24) is 4.90 Å². The Morgan fingerprint density at radius 1 is 1.28 bits per heavy atom. The number of aliphatic hydroxyl groups is 1. The van der Waals surface area contributed by atoms with Gasteiger partial charge in [-0.15, -0.1) is 0 Å². The van der Waals surface area contributed by atoms with Crippen LogP contribution in [0.5, 0.6) is 0 Å². The van der Waals surface area contributed by atoms with Crippen LogP contribution in [0.1, 0.15) is 29.3 Å². The smallest absolute Gasteiger partial charge is 0.326 e. The van der Waals surface area contributed by atoms with E-state index in [2.05, 4.69) is 0 Å². The molecular weight excluding hydrogens is 234 g/mol. The van der Waals surface area contributed by atoms with Crippen molar-refractivity contribution < 1.29 is 19.8 Å². The van der Waals surface area contributed by atoms with Gasteiger partial charge in [-0.05, 0) is 24.1 Å². The predicted octanol–water partition coefficient (Wildman–Crippen LogP) is 1.11. The number of hydrogen-bond donors (Lipinski definition) is 2. The molecule has 0 heterocycles. The van der Waals surface area contributed by atoms with Crippen molar-refractivity contribution in [1.29, 1.82) is 0 Å². The fourth-order valence-electron chi connectivity index (χ4n) is 1.71. The lowest BCUT2D eigenvalue weighted by molar-refractivity contribution is -0.142. The zero-order valence-corrected chi connectivity index (χ0v) is 10.5. The number of rotatable bonds is 5. The molecule has 0 radical (unpaired) electrons. The molecule has 5 heteroatoms. The average molecular weight is 251 g/mol. The van der Waals surface area contributed by atoms with E-state index in [-0.39, 0.29) is 12.5 Å². The highest BCUT2D eigenvalue weighted by Crippen LogP contribution is 2.11. The van der Waals surface area contributed by atoms with Gasteiger partial charge in [0.1, 0.15) is 6.04 Å². The van der Waals surface area contributed by atoms with Crippen LogP contribution < -0.4 is 0 Å². The van der Waals surface area contributed by atoms with Crippen molar-refractivity contribution in [3.8, 4) is 0 Å². The summed E-state index contributed by atoms with van der Waals surface area (Å²) in [6.45, 7) is 1.63. The Hall–Kier alpha value is -1.88. The number of carboxylic acids is 1. The summed E-state index contributed by atoms with van der Waals surface area (Å²) in [6.07, 6.45) is 0.353. The first-order valence-electron chi connectivity index (χ1n) is 5.71. The summed E-state index contributed by atoms with van der Waals surface area (Å²) in [4.78, 5) is 24.2. The van der Waals surface area contributed by atoms with Crippen molar-refractivity contribution in [2.24, 2.45) is 0 Å². The van der Waals surface area contributed by atoms with E-state index in [1.165, 1.54) is 11.9 Å². The van der Waals surface area contributed by atoms with Crippen LogP contribution in [0.4, 0.5) is 0 Å². The van der Waals surface area contributed by atoms with Gasteiger partial charge >= 0.3 is 5.97 Å². The maximum Gasteiger partial charge on any atom is 0.326 e. The number of aliphatic carboxylic acids is 1. The number of likely N-dealkylation sites (N-methyl/N-ethyl adjacent to an activating group) is 1. The molecule has 5 nitrogen and oxygen atoms in total. The molecule has 1 amide bonds. The van der Waals surface area contributed by atoms with Crippen LogP contribution in [0.25, 0.3) is 0 Å².